The molecule has 0 spiro atoms. The van der Waals surface area contributed by atoms with Gasteiger partial charge in [0, 0.05) is 11.3 Å². The van der Waals surface area contributed by atoms with Crippen molar-refractivity contribution in [3.8, 4) is 17.2 Å². The lowest BCUT2D eigenvalue weighted by Crippen LogP contribution is -2.20. The molecule has 4 aromatic rings. The number of anilines is 1. The summed E-state index contributed by atoms with van der Waals surface area (Å²) in [6, 6.07) is 21.2. The predicted octanol–water partition coefficient (Wildman–Crippen LogP) is 6.33. The monoisotopic (exact) mass is 414 g/mol. The molecule has 1 atom stereocenters. The molecule has 0 aliphatic carbocycles. The number of amides is 1. The topological polar surface area (TPSA) is 64.4 Å². The fraction of sp³-hybridized carbons (Fsp3) is 0.231. The molecule has 0 aliphatic rings. The summed E-state index contributed by atoms with van der Waals surface area (Å²) < 4.78 is 11.6. The van der Waals surface area contributed by atoms with Gasteiger partial charge in [0.1, 0.15) is 11.3 Å². The van der Waals surface area contributed by atoms with Crippen LogP contribution in [0.2, 0.25) is 0 Å². The number of aromatic nitrogens is 1. The van der Waals surface area contributed by atoms with Crippen molar-refractivity contribution in [2.24, 2.45) is 0 Å². The number of aryl methyl sites for hydroxylation is 1. The van der Waals surface area contributed by atoms with Crippen LogP contribution >= 0.6 is 0 Å². The van der Waals surface area contributed by atoms with Crippen LogP contribution in [0.25, 0.3) is 22.6 Å². The number of oxazole rings is 1. The number of ether oxygens (including phenoxy) is 1. The molecule has 158 valence electrons. The summed E-state index contributed by atoms with van der Waals surface area (Å²) in [6.07, 6.45) is 1.07. The van der Waals surface area contributed by atoms with E-state index in [4.69, 9.17) is 9.15 Å². The minimum Gasteiger partial charge on any atom is -0.483 e. The molecule has 1 amide bonds. The molecule has 5 heteroatoms. The molecule has 0 saturated heterocycles. The molecule has 0 fully saturated rings. The Morgan fingerprint density at radius 2 is 1.94 bits per heavy atom. The van der Waals surface area contributed by atoms with E-state index in [1.165, 1.54) is 5.56 Å². The summed E-state index contributed by atoms with van der Waals surface area (Å²) in [4.78, 5) is 17.0. The molecule has 3 aromatic carbocycles. The largest absolute Gasteiger partial charge is 0.483 e. The molecule has 1 aromatic heterocycles. The molecule has 1 N–H and O–H groups in total. The van der Waals surface area contributed by atoms with E-state index in [1.54, 1.807) is 0 Å². The number of hydrogen-bond acceptors (Lipinski definition) is 4. The molecule has 0 saturated carbocycles. The van der Waals surface area contributed by atoms with E-state index in [9.17, 15) is 4.79 Å². The smallest absolute Gasteiger partial charge is 0.262 e. The third kappa shape index (κ3) is 4.77. The summed E-state index contributed by atoms with van der Waals surface area (Å²) in [5, 5.41) is 2.87. The first-order valence-corrected chi connectivity index (χ1v) is 10.5. The molecule has 31 heavy (non-hydrogen) atoms. The highest BCUT2D eigenvalue weighted by Gasteiger charge is 2.12. The minimum atomic E-state index is -0.226. The van der Waals surface area contributed by atoms with E-state index in [1.807, 2.05) is 61.5 Å². The summed E-state index contributed by atoms with van der Waals surface area (Å²) >= 11 is 0. The van der Waals surface area contributed by atoms with Gasteiger partial charge in [-0.25, -0.2) is 4.98 Å². The van der Waals surface area contributed by atoms with Gasteiger partial charge in [-0.1, -0.05) is 44.2 Å². The van der Waals surface area contributed by atoms with E-state index in [0.717, 1.165) is 28.6 Å². The first kappa shape index (κ1) is 20.7. The highest BCUT2D eigenvalue weighted by molar-refractivity contribution is 5.92. The fourth-order valence-corrected chi connectivity index (χ4v) is 3.40. The van der Waals surface area contributed by atoms with Gasteiger partial charge in [0.25, 0.3) is 5.91 Å². The average Bonchev–Trinajstić information content (AvgIpc) is 3.22. The van der Waals surface area contributed by atoms with Gasteiger partial charge >= 0.3 is 0 Å². The second-order valence-corrected chi connectivity index (χ2v) is 7.74. The Morgan fingerprint density at radius 1 is 1.10 bits per heavy atom. The molecule has 1 heterocycles. The second-order valence-electron chi connectivity index (χ2n) is 7.74. The van der Waals surface area contributed by atoms with Crippen LogP contribution in [0, 0.1) is 6.92 Å². The summed E-state index contributed by atoms with van der Waals surface area (Å²) in [5.41, 5.74) is 5.31. The third-order valence-corrected chi connectivity index (χ3v) is 5.44. The van der Waals surface area contributed by atoms with E-state index in [0.29, 0.717) is 23.2 Å². The van der Waals surface area contributed by atoms with Crippen LogP contribution in [-0.4, -0.2) is 17.5 Å². The van der Waals surface area contributed by atoms with Crippen molar-refractivity contribution < 1.29 is 13.9 Å². The number of fused-ring (bicyclic) bond motifs is 1. The quantitative estimate of drug-likeness (QED) is 0.383. The molecular weight excluding hydrogens is 388 g/mol. The maximum Gasteiger partial charge on any atom is 0.262 e. The Hall–Kier alpha value is -3.60. The molecule has 0 aliphatic heterocycles. The van der Waals surface area contributed by atoms with Gasteiger partial charge in [0.2, 0.25) is 5.89 Å². The first-order chi connectivity index (χ1) is 15.0. The molecule has 5 nitrogen and oxygen atoms in total. The van der Waals surface area contributed by atoms with Crippen molar-refractivity contribution in [1.82, 2.24) is 4.98 Å². The Labute approximate surface area is 182 Å². The Kier molecular flexibility index (Phi) is 6.03. The third-order valence-electron chi connectivity index (χ3n) is 5.44. The normalized spacial score (nSPS) is 12.0. The van der Waals surface area contributed by atoms with Gasteiger partial charge in [-0.2, -0.15) is 0 Å². The van der Waals surface area contributed by atoms with E-state index >= 15 is 0 Å². The lowest BCUT2D eigenvalue weighted by Gasteiger charge is -2.09. The van der Waals surface area contributed by atoms with Crippen molar-refractivity contribution >= 4 is 22.7 Å². The lowest BCUT2D eigenvalue weighted by molar-refractivity contribution is -0.118. The van der Waals surface area contributed by atoms with Crippen LogP contribution < -0.4 is 10.1 Å². The zero-order valence-electron chi connectivity index (χ0n) is 18.0. The number of rotatable bonds is 7. The van der Waals surface area contributed by atoms with Gasteiger partial charge in [-0.15, -0.1) is 0 Å². The van der Waals surface area contributed by atoms with Gasteiger partial charge in [0.05, 0.1) is 0 Å². The maximum atomic E-state index is 12.3. The summed E-state index contributed by atoms with van der Waals surface area (Å²) in [5.74, 6) is 1.49. The number of hydrogen-bond donors (Lipinski definition) is 1. The fourth-order valence-electron chi connectivity index (χ4n) is 3.40. The van der Waals surface area contributed by atoms with E-state index in [2.05, 4.69) is 36.3 Å². The van der Waals surface area contributed by atoms with Gasteiger partial charge < -0.3 is 14.5 Å². The molecular formula is C26H26N2O3. The first-order valence-electron chi connectivity index (χ1n) is 10.5. The Bertz CT molecular complexity index is 1210. The van der Waals surface area contributed by atoms with Crippen LogP contribution in [0.4, 0.5) is 5.69 Å². The highest BCUT2D eigenvalue weighted by Crippen LogP contribution is 2.29. The van der Waals surface area contributed by atoms with E-state index in [-0.39, 0.29) is 12.5 Å². The van der Waals surface area contributed by atoms with Crippen molar-refractivity contribution in [2.45, 2.75) is 33.1 Å². The Balaban J connectivity index is 1.47. The van der Waals surface area contributed by atoms with Crippen LogP contribution in [0.3, 0.4) is 0 Å². The van der Waals surface area contributed by atoms with Gasteiger partial charge in [0.15, 0.2) is 12.2 Å². The summed E-state index contributed by atoms with van der Waals surface area (Å²) in [7, 11) is 0. The van der Waals surface area contributed by atoms with Crippen molar-refractivity contribution in [1.29, 1.82) is 0 Å². The van der Waals surface area contributed by atoms with Crippen molar-refractivity contribution in [3.05, 3.63) is 77.9 Å². The molecule has 0 unspecified atom stereocenters. The number of carbonyl (C=O) groups is 1. The SMILES string of the molecule is CC[C@H](C)c1ccc2oc(-c3cccc(NC(=O)COc4ccccc4C)c3)nc2c1. The number of carbonyl (C=O) groups excluding carboxylic acids is 1. The number of para-hydroxylation sites is 1. The van der Waals surface area contributed by atoms with E-state index < -0.39 is 0 Å². The molecule has 0 radical (unpaired) electrons. The van der Waals surface area contributed by atoms with Crippen LogP contribution in [0.1, 0.15) is 37.3 Å². The maximum absolute atomic E-state index is 12.3. The molecule has 0 bridgehead atoms. The van der Waals surface area contributed by atoms with Crippen molar-refractivity contribution in [3.63, 3.8) is 0 Å². The number of nitrogens with zero attached hydrogens (tertiary/aromatic N) is 1. The van der Waals surface area contributed by atoms with Crippen LogP contribution in [0.15, 0.2) is 71.1 Å². The van der Waals surface area contributed by atoms with Crippen LogP contribution in [0.5, 0.6) is 5.75 Å². The lowest BCUT2D eigenvalue weighted by atomic mass is 9.98. The van der Waals surface area contributed by atoms with Gasteiger partial charge in [-0.3, -0.25) is 4.79 Å². The number of nitrogens with one attached hydrogen (secondary N) is 1. The molecule has 4 rings (SSSR count). The number of benzene rings is 3. The van der Waals surface area contributed by atoms with Crippen LogP contribution in [-0.2, 0) is 4.79 Å². The second kappa shape index (κ2) is 9.04. The predicted molar refractivity (Wildman–Crippen MR) is 123 cm³/mol. The zero-order valence-corrected chi connectivity index (χ0v) is 18.0. The zero-order chi connectivity index (χ0) is 21.8. The highest BCUT2D eigenvalue weighted by atomic mass is 16.5. The summed E-state index contributed by atoms with van der Waals surface area (Å²) in [6.45, 7) is 6.27. The standard InChI is InChI=1S/C26H26N2O3/c1-4-17(2)19-12-13-24-22(15-19)28-26(31-24)20-9-7-10-21(14-20)27-25(29)16-30-23-11-6-5-8-18(23)3/h5-15,17H,4,16H2,1-3H3,(H,27,29)/t17-/m0/s1. The minimum absolute atomic E-state index is 0.0592. The van der Waals surface area contributed by atoms with Crippen molar-refractivity contribution in [2.75, 3.05) is 11.9 Å². The Morgan fingerprint density at radius 3 is 2.74 bits per heavy atom. The van der Waals surface area contributed by atoms with Gasteiger partial charge in [-0.05, 0) is 66.8 Å². The average molecular weight is 415 g/mol.